The van der Waals surface area contributed by atoms with Crippen LogP contribution in [0.15, 0.2) is 48.5 Å². The maximum atomic E-state index is 12.6. The summed E-state index contributed by atoms with van der Waals surface area (Å²) in [5.74, 6) is 0.483. The van der Waals surface area contributed by atoms with E-state index >= 15 is 0 Å². The Morgan fingerprint density at radius 1 is 1.00 bits per heavy atom. The number of hydrogen-bond donors (Lipinski definition) is 0. The van der Waals surface area contributed by atoms with E-state index in [9.17, 15) is 4.79 Å². The minimum Gasteiger partial charge on any atom is -0.497 e. The predicted octanol–water partition coefficient (Wildman–Crippen LogP) is 4.77. The van der Waals surface area contributed by atoms with Gasteiger partial charge in [0.25, 0.3) is 0 Å². The molecular weight excluding hydrogens is 340 g/mol. The first-order valence-electron chi connectivity index (χ1n) is 9.68. The molecule has 0 spiro atoms. The van der Waals surface area contributed by atoms with Crippen LogP contribution in [0.2, 0.25) is 0 Å². The molecule has 144 valence electrons. The molecule has 0 bridgehead atoms. The van der Waals surface area contributed by atoms with Crippen LogP contribution >= 0.6 is 0 Å². The summed E-state index contributed by atoms with van der Waals surface area (Å²) in [6.07, 6.45) is 3.69. The molecule has 0 amide bonds. The molecule has 2 aromatic carbocycles. The van der Waals surface area contributed by atoms with Gasteiger partial charge in [0.2, 0.25) is 0 Å². The van der Waals surface area contributed by atoms with E-state index in [0.29, 0.717) is 6.61 Å². The molecule has 1 heterocycles. The lowest BCUT2D eigenvalue weighted by molar-refractivity contribution is -0.145. The van der Waals surface area contributed by atoms with Crippen LogP contribution in [0.25, 0.3) is 0 Å². The molecule has 0 aromatic heterocycles. The monoisotopic (exact) mass is 368 g/mol. The van der Waals surface area contributed by atoms with Gasteiger partial charge in [0.1, 0.15) is 5.75 Å². The third kappa shape index (κ3) is 4.16. The molecular formula is C23H28O4. The molecule has 0 N–H and O–H groups in total. The van der Waals surface area contributed by atoms with E-state index in [-0.39, 0.29) is 5.97 Å². The zero-order valence-corrected chi connectivity index (χ0v) is 16.4. The summed E-state index contributed by atoms with van der Waals surface area (Å²) in [4.78, 5) is 12.6. The number of epoxide rings is 1. The molecule has 3 rings (SSSR count). The first-order valence-corrected chi connectivity index (χ1v) is 9.68. The van der Waals surface area contributed by atoms with Crippen molar-refractivity contribution in [1.82, 2.24) is 0 Å². The van der Waals surface area contributed by atoms with Gasteiger partial charge in [-0.05, 0) is 36.6 Å². The lowest BCUT2D eigenvalue weighted by Crippen LogP contribution is -2.23. The van der Waals surface area contributed by atoms with Gasteiger partial charge in [-0.15, -0.1) is 0 Å². The number of methoxy groups -OCH3 is 1. The molecule has 0 saturated carbocycles. The Kier molecular flexibility index (Phi) is 6.17. The number of rotatable bonds is 9. The van der Waals surface area contributed by atoms with Gasteiger partial charge >= 0.3 is 5.97 Å². The highest BCUT2D eigenvalue weighted by atomic mass is 16.7. The molecule has 1 saturated heterocycles. The van der Waals surface area contributed by atoms with Crippen LogP contribution in [-0.2, 0) is 19.9 Å². The topological polar surface area (TPSA) is 48.1 Å². The molecule has 2 atom stereocenters. The van der Waals surface area contributed by atoms with Gasteiger partial charge in [0.15, 0.2) is 11.7 Å². The van der Waals surface area contributed by atoms with Gasteiger partial charge < -0.3 is 14.2 Å². The largest absolute Gasteiger partial charge is 0.497 e. The van der Waals surface area contributed by atoms with Gasteiger partial charge in [-0.1, -0.05) is 68.1 Å². The van der Waals surface area contributed by atoms with Crippen LogP contribution in [0.4, 0.5) is 0 Å². The summed E-state index contributed by atoms with van der Waals surface area (Å²) in [5, 5.41) is 0. The summed E-state index contributed by atoms with van der Waals surface area (Å²) in [6.45, 7) is 4.65. The molecule has 1 fully saturated rings. The van der Waals surface area contributed by atoms with Gasteiger partial charge in [0.05, 0.1) is 13.7 Å². The number of aryl methyl sites for hydroxylation is 1. The molecule has 2 aromatic rings. The van der Waals surface area contributed by atoms with Gasteiger partial charge in [-0.3, -0.25) is 0 Å². The average molecular weight is 368 g/mol. The Balaban J connectivity index is 1.78. The van der Waals surface area contributed by atoms with Gasteiger partial charge in [-0.25, -0.2) is 4.79 Å². The fraction of sp³-hybridized carbons (Fsp3) is 0.435. The third-order valence-corrected chi connectivity index (χ3v) is 5.07. The van der Waals surface area contributed by atoms with Crippen LogP contribution in [0.5, 0.6) is 5.75 Å². The second-order valence-corrected chi connectivity index (χ2v) is 7.06. The van der Waals surface area contributed by atoms with Crippen molar-refractivity contribution in [3.63, 3.8) is 0 Å². The SMILES string of the molecule is CCCCCCOC(=O)C1OC1(c1ccc(C)cc1)c1ccc(OC)cc1. The van der Waals surface area contributed by atoms with Crippen LogP contribution < -0.4 is 4.74 Å². The highest BCUT2D eigenvalue weighted by Crippen LogP contribution is 2.52. The van der Waals surface area contributed by atoms with Crippen molar-refractivity contribution in [2.75, 3.05) is 13.7 Å². The second kappa shape index (κ2) is 8.57. The molecule has 1 aliphatic heterocycles. The Hall–Kier alpha value is -2.33. The summed E-state index contributed by atoms with van der Waals surface area (Å²) in [6, 6.07) is 15.8. The lowest BCUT2D eigenvalue weighted by Gasteiger charge is -2.15. The normalized spacial score (nSPS) is 20.9. The van der Waals surface area contributed by atoms with Crippen molar-refractivity contribution in [3.05, 3.63) is 65.2 Å². The van der Waals surface area contributed by atoms with E-state index in [2.05, 4.69) is 6.92 Å². The fourth-order valence-electron chi connectivity index (χ4n) is 3.39. The Bertz CT molecular complexity index is 751. The Labute approximate surface area is 161 Å². The number of unbranched alkanes of at least 4 members (excludes halogenated alkanes) is 3. The number of benzene rings is 2. The standard InChI is InChI=1S/C23H28O4/c1-4-5-6-7-16-26-22(24)21-23(27-21,18-10-8-17(2)9-11-18)19-12-14-20(25-3)15-13-19/h8-15,21H,4-7,16H2,1-3H3. The number of carbonyl (C=O) groups excluding carboxylic acids is 1. The maximum Gasteiger partial charge on any atom is 0.339 e. The van der Waals surface area contributed by atoms with E-state index in [4.69, 9.17) is 14.2 Å². The lowest BCUT2D eigenvalue weighted by atomic mass is 9.87. The highest BCUT2D eigenvalue weighted by Gasteiger charge is 2.64. The van der Waals surface area contributed by atoms with Crippen molar-refractivity contribution in [2.24, 2.45) is 0 Å². The minimum absolute atomic E-state index is 0.289. The van der Waals surface area contributed by atoms with E-state index in [1.165, 1.54) is 5.56 Å². The number of ether oxygens (including phenoxy) is 3. The van der Waals surface area contributed by atoms with Crippen LogP contribution in [0.1, 0.15) is 49.3 Å². The van der Waals surface area contributed by atoms with Gasteiger partial charge in [0, 0.05) is 0 Å². The van der Waals surface area contributed by atoms with E-state index in [0.717, 1.165) is 42.6 Å². The van der Waals surface area contributed by atoms with Crippen molar-refractivity contribution >= 4 is 5.97 Å². The summed E-state index contributed by atoms with van der Waals surface area (Å²) < 4.78 is 16.8. The van der Waals surface area contributed by atoms with E-state index < -0.39 is 11.7 Å². The average Bonchev–Trinajstić information content (AvgIpc) is 3.45. The summed E-state index contributed by atoms with van der Waals surface area (Å²) in [5.41, 5.74) is 2.28. The number of hydrogen-bond acceptors (Lipinski definition) is 4. The molecule has 2 unspecified atom stereocenters. The fourth-order valence-corrected chi connectivity index (χ4v) is 3.39. The van der Waals surface area contributed by atoms with E-state index in [1.54, 1.807) is 7.11 Å². The molecule has 27 heavy (non-hydrogen) atoms. The van der Waals surface area contributed by atoms with Crippen molar-refractivity contribution in [1.29, 1.82) is 0 Å². The van der Waals surface area contributed by atoms with Crippen LogP contribution in [0, 0.1) is 6.92 Å². The summed E-state index contributed by atoms with van der Waals surface area (Å²) >= 11 is 0. The molecule has 0 aliphatic carbocycles. The quantitative estimate of drug-likeness (QED) is 0.363. The van der Waals surface area contributed by atoms with Crippen LogP contribution in [-0.4, -0.2) is 25.8 Å². The Morgan fingerprint density at radius 2 is 1.63 bits per heavy atom. The third-order valence-electron chi connectivity index (χ3n) is 5.07. The summed E-state index contributed by atoms with van der Waals surface area (Å²) in [7, 11) is 1.64. The molecule has 4 heteroatoms. The van der Waals surface area contributed by atoms with Crippen LogP contribution in [0.3, 0.4) is 0 Å². The van der Waals surface area contributed by atoms with Crippen molar-refractivity contribution in [3.8, 4) is 5.75 Å². The number of esters is 1. The Morgan fingerprint density at radius 3 is 2.22 bits per heavy atom. The molecule has 1 aliphatic rings. The zero-order valence-electron chi connectivity index (χ0n) is 16.4. The first kappa shape index (κ1) is 19.4. The predicted molar refractivity (Wildman–Crippen MR) is 105 cm³/mol. The molecule has 0 radical (unpaired) electrons. The smallest absolute Gasteiger partial charge is 0.339 e. The zero-order chi connectivity index (χ0) is 19.3. The van der Waals surface area contributed by atoms with E-state index in [1.807, 2.05) is 55.5 Å². The first-order chi connectivity index (χ1) is 13.1. The van der Waals surface area contributed by atoms with Crippen molar-refractivity contribution in [2.45, 2.75) is 51.2 Å². The highest BCUT2D eigenvalue weighted by molar-refractivity contribution is 5.81. The minimum atomic E-state index is -0.777. The van der Waals surface area contributed by atoms with Gasteiger partial charge in [-0.2, -0.15) is 0 Å². The number of carbonyl (C=O) groups is 1. The molecule has 4 nitrogen and oxygen atoms in total. The second-order valence-electron chi connectivity index (χ2n) is 7.06. The van der Waals surface area contributed by atoms with Crippen molar-refractivity contribution < 1.29 is 19.0 Å². The maximum absolute atomic E-state index is 12.6.